The number of carbonyl (C=O) groups excluding carboxylic acids is 1. The summed E-state index contributed by atoms with van der Waals surface area (Å²) in [5.41, 5.74) is 3.91. The SMILES string of the molecule is Cc1cc2oc(=O)cc(COC(=O)c3ccc(-n4cncn4)cc3)c2cc1C. The molecule has 0 spiro atoms. The molecule has 7 heteroatoms. The molecule has 2 aromatic heterocycles. The van der Waals surface area contributed by atoms with Crippen LogP contribution < -0.4 is 5.63 Å². The zero-order valence-electron chi connectivity index (χ0n) is 15.4. The highest BCUT2D eigenvalue weighted by Gasteiger charge is 2.12. The normalized spacial score (nSPS) is 10.9. The third kappa shape index (κ3) is 3.42. The van der Waals surface area contributed by atoms with Gasteiger partial charge in [0.2, 0.25) is 0 Å². The van der Waals surface area contributed by atoms with Crippen LogP contribution in [-0.4, -0.2) is 20.7 Å². The molecule has 0 atom stereocenters. The summed E-state index contributed by atoms with van der Waals surface area (Å²) in [6.45, 7) is 3.91. The summed E-state index contributed by atoms with van der Waals surface area (Å²) in [5, 5.41) is 4.80. The Labute approximate surface area is 160 Å². The van der Waals surface area contributed by atoms with Gasteiger partial charge in [-0.1, -0.05) is 0 Å². The molecule has 4 rings (SSSR count). The first kappa shape index (κ1) is 17.7. The summed E-state index contributed by atoms with van der Waals surface area (Å²) in [6, 6.07) is 11.9. The molecule has 0 bridgehead atoms. The van der Waals surface area contributed by atoms with Crippen LogP contribution in [0.5, 0.6) is 0 Å². The van der Waals surface area contributed by atoms with Gasteiger partial charge in [0.1, 0.15) is 24.8 Å². The standard InChI is InChI=1S/C21H17N3O4/c1-13-7-18-16(9-20(25)28-19(18)8-14(13)2)10-27-21(26)15-3-5-17(6-4-15)24-12-22-11-23-24/h3-9,11-12H,10H2,1-2H3. The predicted molar refractivity (Wildman–Crippen MR) is 102 cm³/mol. The number of hydrogen-bond acceptors (Lipinski definition) is 6. The van der Waals surface area contributed by atoms with E-state index in [-0.39, 0.29) is 6.61 Å². The second kappa shape index (κ2) is 7.11. The summed E-state index contributed by atoms with van der Waals surface area (Å²) in [7, 11) is 0. The number of ether oxygens (including phenoxy) is 1. The second-order valence-electron chi connectivity index (χ2n) is 6.49. The number of carbonyl (C=O) groups is 1. The third-order valence-electron chi connectivity index (χ3n) is 4.59. The van der Waals surface area contributed by atoms with Gasteiger partial charge in [-0.05, 0) is 61.4 Å². The number of aryl methyl sites for hydroxylation is 2. The second-order valence-corrected chi connectivity index (χ2v) is 6.49. The minimum atomic E-state index is -0.477. The Bertz CT molecular complexity index is 1210. The zero-order valence-corrected chi connectivity index (χ0v) is 15.4. The van der Waals surface area contributed by atoms with Gasteiger partial charge in [-0.2, -0.15) is 5.10 Å². The minimum absolute atomic E-state index is 0.0196. The van der Waals surface area contributed by atoms with E-state index in [1.807, 2.05) is 26.0 Å². The summed E-state index contributed by atoms with van der Waals surface area (Å²) in [5.74, 6) is -0.477. The molecular weight excluding hydrogens is 358 g/mol. The van der Waals surface area contributed by atoms with Crippen LogP contribution in [0, 0.1) is 13.8 Å². The van der Waals surface area contributed by atoms with Gasteiger partial charge in [0.25, 0.3) is 0 Å². The van der Waals surface area contributed by atoms with Crippen molar-refractivity contribution in [3.8, 4) is 5.69 Å². The number of benzene rings is 2. The summed E-state index contributed by atoms with van der Waals surface area (Å²) in [4.78, 5) is 28.1. The zero-order chi connectivity index (χ0) is 19.7. The van der Waals surface area contributed by atoms with Gasteiger partial charge in [-0.15, -0.1) is 0 Å². The Morgan fingerprint density at radius 2 is 1.86 bits per heavy atom. The Morgan fingerprint density at radius 3 is 2.57 bits per heavy atom. The maximum absolute atomic E-state index is 12.4. The van der Waals surface area contributed by atoms with Gasteiger partial charge in [-0.25, -0.2) is 19.3 Å². The fourth-order valence-electron chi connectivity index (χ4n) is 2.92. The molecule has 140 valence electrons. The summed E-state index contributed by atoms with van der Waals surface area (Å²) < 4.78 is 12.3. The van der Waals surface area contributed by atoms with Crippen LogP contribution >= 0.6 is 0 Å². The molecule has 0 saturated carbocycles. The number of esters is 1. The van der Waals surface area contributed by atoms with E-state index in [0.29, 0.717) is 16.7 Å². The van der Waals surface area contributed by atoms with Crippen molar-refractivity contribution in [2.45, 2.75) is 20.5 Å². The largest absolute Gasteiger partial charge is 0.457 e. The molecule has 0 aliphatic carbocycles. The van der Waals surface area contributed by atoms with Gasteiger partial charge in [-0.3, -0.25) is 0 Å². The Morgan fingerprint density at radius 1 is 1.11 bits per heavy atom. The highest BCUT2D eigenvalue weighted by Crippen LogP contribution is 2.22. The van der Waals surface area contributed by atoms with Crippen molar-refractivity contribution in [2.24, 2.45) is 0 Å². The Balaban J connectivity index is 1.55. The molecular formula is C21H17N3O4. The highest BCUT2D eigenvalue weighted by molar-refractivity contribution is 5.90. The van der Waals surface area contributed by atoms with Crippen LogP contribution in [-0.2, 0) is 11.3 Å². The van der Waals surface area contributed by atoms with Crippen molar-refractivity contribution in [1.82, 2.24) is 14.8 Å². The van der Waals surface area contributed by atoms with Crippen LogP contribution in [0.15, 0.2) is 64.3 Å². The van der Waals surface area contributed by atoms with Crippen LogP contribution in [0.4, 0.5) is 0 Å². The highest BCUT2D eigenvalue weighted by atomic mass is 16.5. The fraction of sp³-hybridized carbons (Fsp3) is 0.143. The predicted octanol–water partition coefficient (Wildman–Crippen LogP) is 3.35. The molecule has 4 aromatic rings. The maximum atomic E-state index is 12.4. The van der Waals surface area contributed by atoms with E-state index in [1.54, 1.807) is 35.3 Å². The van der Waals surface area contributed by atoms with Crippen LogP contribution in [0.25, 0.3) is 16.7 Å². The third-order valence-corrected chi connectivity index (χ3v) is 4.59. The monoisotopic (exact) mass is 375 g/mol. The van der Waals surface area contributed by atoms with E-state index < -0.39 is 11.6 Å². The maximum Gasteiger partial charge on any atom is 0.338 e. The van der Waals surface area contributed by atoms with E-state index in [2.05, 4.69) is 10.1 Å². The molecule has 0 N–H and O–H groups in total. The molecule has 0 fully saturated rings. The molecule has 0 unspecified atom stereocenters. The van der Waals surface area contributed by atoms with Crippen molar-refractivity contribution < 1.29 is 13.9 Å². The molecule has 0 saturated heterocycles. The summed E-state index contributed by atoms with van der Waals surface area (Å²) in [6.07, 6.45) is 3.01. The minimum Gasteiger partial charge on any atom is -0.457 e. The Kier molecular flexibility index (Phi) is 4.49. The molecule has 0 amide bonds. The first-order chi connectivity index (χ1) is 13.5. The number of fused-ring (bicyclic) bond motifs is 1. The van der Waals surface area contributed by atoms with Crippen molar-refractivity contribution >= 4 is 16.9 Å². The van der Waals surface area contributed by atoms with E-state index in [9.17, 15) is 9.59 Å². The number of nitrogens with zero attached hydrogens (tertiary/aromatic N) is 3. The van der Waals surface area contributed by atoms with E-state index in [0.717, 1.165) is 22.2 Å². The van der Waals surface area contributed by atoms with Crippen LogP contribution in [0.1, 0.15) is 27.0 Å². The van der Waals surface area contributed by atoms with Crippen LogP contribution in [0.2, 0.25) is 0 Å². The lowest BCUT2D eigenvalue weighted by Gasteiger charge is -2.09. The fourth-order valence-corrected chi connectivity index (χ4v) is 2.92. The average Bonchev–Trinajstić information content (AvgIpc) is 3.22. The average molecular weight is 375 g/mol. The van der Waals surface area contributed by atoms with Crippen molar-refractivity contribution in [3.63, 3.8) is 0 Å². The lowest BCUT2D eigenvalue weighted by Crippen LogP contribution is -2.08. The lowest BCUT2D eigenvalue weighted by atomic mass is 10.0. The van der Waals surface area contributed by atoms with Crippen LogP contribution in [0.3, 0.4) is 0 Å². The molecule has 28 heavy (non-hydrogen) atoms. The van der Waals surface area contributed by atoms with E-state index >= 15 is 0 Å². The van der Waals surface area contributed by atoms with Gasteiger partial charge >= 0.3 is 11.6 Å². The smallest absolute Gasteiger partial charge is 0.338 e. The van der Waals surface area contributed by atoms with Crippen molar-refractivity contribution in [1.29, 1.82) is 0 Å². The van der Waals surface area contributed by atoms with Gasteiger partial charge in [0.15, 0.2) is 0 Å². The molecule has 2 heterocycles. The quantitative estimate of drug-likeness (QED) is 0.402. The molecule has 0 aliphatic heterocycles. The van der Waals surface area contributed by atoms with Gasteiger partial charge in [0.05, 0.1) is 11.3 Å². The molecule has 0 aliphatic rings. The van der Waals surface area contributed by atoms with Crippen molar-refractivity contribution in [2.75, 3.05) is 0 Å². The van der Waals surface area contributed by atoms with E-state index in [4.69, 9.17) is 9.15 Å². The first-order valence-electron chi connectivity index (χ1n) is 8.67. The summed E-state index contributed by atoms with van der Waals surface area (Å²) >= 11 is 0. The number of rotatable bonds is 4. The molecule has 7 nitrogen and oxygen atoms in total. The lowest BCUT2D eigenvalue weighted by molar-refractivity contribution is 0.0474. The van der Waals surface area contributed by atoms with Gasteiger partial charge < -0.3 is 9.15 Å². The van der Waals surface area contributed by atoms with Crippen molar-refractivity contribution in [3.05, 3.63) is 87.8 Å². The number of hydrogen-bond donors (Lipinski definition) is 0. The Hall–Kier alpha value is -3.74. The molecule has 0 radical (unpaired) electrons. The first-order valence-corrected chi connectivity index (χ1v) is 8.67. The van der Waals surface area contributed by atoms with E-state index in [1.165, 1.54) is 12.4 Å². The molecule has 2 aromatic carbocycles. The number of aromatic nitrogens is 3. The topological polar surface area (TPSA) is 87.2 Å². The van der Waals surface area contributed by atoms with Gasteiger partial charge in [0, 0.05) is 17.0 Å².